The molecule has 0 fully saturated rings. The zero-order valence-corrected chi connectivity index (χ0v) is 16.7. The van der Waals surface area contributed by atoms with Gasteiger partial charge < -0.3 is 0 Å². The lowest BCUT2D eigenvalue weighted by Gasteiger charge is -2.21. The SMILES string of the molecule is O=C(C[C@@H](c1ccc(C(F)(F)F)cc1)c1ncccc1C(F)(F)F)c1ccc2cn[nH]c2c1. The van der Waals surface area contributed by atoms with Gasteiger partial charge in [-0.1, -0.05) is 24.3 Å². The summed E-state index contributed by atoms with van der Waals surface area (Å²) in [5.41, 5.74) is -1.51. The number of hydrogen-bond donors (Lipinski definition) is 1. The monoisotopic (exact) mass is 463 g/mol. The largest absolute Gasteiger partial charge is 0.418 e. The topological polar surface area (TPSA) is 58.6 Å². The van der Waals surface area contributed by atoms with E-state index in [1.54, 1.807) is 12.3 Å². The quantitative estimate of drug-likeness (QED) is 0.275. The van der Waals surface area contributed by atoms with Gasteiger partial charge in [-0.2, -0.15) is 31.4 Å². The number of benzene rings is 2. The van der Waals surface area contributed by atoms with Gasteiger partial charge in [0.1, 0.15) is 0 Å². The molecule has 0 aliphatic rings. The number of H-pyrrole nitrogens is 1. The average Bonchev–Trinajstić information content (AvgIpc) is 3.24. The van der Waals surface area contributed by atoms with Crippen LogP contribution in [0.25, 0.3) is 10.9 Å². The highest BCUT2D eigenvalue weighted by Gasteiger charge is 2.37. The van der Waals surface area contributed by atoms with Crippen LogP contribution in [0.4, 0.5) is 26.3 Å². The number of aromatic nitrogens is 3. The molecule has 0 saturated carbocycles. The van der Waals surface area contributed by atoms with E-state index in [0.29, 0.717) is 5.52 Å². The summed E-state index contributed by atoms with van der Waals surface area (Å²) in [4.78, 5) is 16.9. The highest BCUT2D eigenvalue weighted by Crippen LogP contribution is 2.39. The predicted molar refractivity (Wildman–Crippen MR) is 108 cm³/mol. The molecule has 0 amide bonds. The standard InChI is InChI=1S/C23H15F6N3O/c24-22(25,26)16-7-5-13(6-8-16)17(21-18(23(27,28)29)2-1-9-30-21)11-20(33)14-3-4-15-12-31-32-19(15)10-14/h1-10,12,17H,11H2,(H,31,32)/t17-/m0/s1. The van der Waals surface area contributed by atoms with E-state index in [0.717, 1.165) is 48.0 Å². The maximum atomic E-state index is 13.7. The molecule has 170 valence electrons. The summed E-state index contributed by atoms with van der Waals surface area (Å²) in [5, 5.41) is 7.32. The van der Waals surface area contributed by atoms with Gasteiger partial charge in [-0.15, -0.1) is 0 Å². The molecule has 4 rings (SSSR count). The molecular weight excluding hydrogens is 448 g/mol. The number of nitrogens with zero attached hydrogens (tertiary/aromatic N) is 2. The van der Waals surface area contributed by atoms with Gasteiger partial charge in [-0.3, -0.25) is 14.9 Å². The first kappa shape index (κ1) is 22.5. The van der Waals surface area contributed by atoms with Crippen molar-refractivity contribution in [1.29, 1.82) is 0 Å². The fraction of sp³-hybridized carbons (Fsp3) is 0.174. The Bertz CT molecular complexity index is 1290. The molecule has 4 aromatic rings. The van der Waals surface area contributed by atoms with Crippen molar-refractivity contribution < 1.29 is 31.1 Å². The summed E-state index contributed by atoms with van der Waals surface area (Å²) < 4.78 is 79.9. The van der Waals surface area contributed by atoms with Crippen LogP contribution in [0.3, 0.4) is 0 Å². The average molecular weight is 463 g/mol. The van der Waals surface area contributed by atoms with E-state index in [2.05, 4.69) is 15.2 Å². The van der Waals surface area contributed by atoms with Crippen molar-refractivity contribution in [2.75, 3.05) is 0 Å². The molecule has 0 spiro atoms. The van der Waals surface area contributed by atoms with E-state index in [1.807, 2.05) is 0 Å². The van der Waals surface area contributed by atoms with Gasteiger partial charge in [0.05, 0.1) is 28.5 Å². The number of halogens is 6. The first-order valence-corrected chi connectivity index (χ1v) is 9.69. The summed E-state index contributed by atoms with van der Waals surface area (Å²) in [6.45, 7) is 0. The molecule has 4 nitrogen and oxygen atoms in total. The van der Waals surface area contributed by atoms with Gasteiger partial charge in [-0.05, 0) is 35.9 Å². The number of ketones is 1. The van der Waals surface area contributed by atoms with Gasteiger partial charge in [-0.25, -0.2) is 0 Å². The van der Waals surface area contributed by atoms with Crippen molar-refractivity contribution in [2.45, 2.75) is 24.7 Å². The lowest BCUT2D eigenvalue weighted by molar-refractivity contribution is -0.139. The Labute approximate surface area is 183 Å². The van der Waals surface area contributed by atoms with E-state index >= 15 is 0 Å². The van der Waals surface area contributed by atoms with E-state index in [-0.39, 0.29) is 11.1 Å². The van der Waals surface area contributed by atoms with Crippen molar-refractivity contribution in [2.24, 2.45) is 0 Å². The number of alkyl halides is 6. The Morgan fingerprint density at radius 1 is 0.939 bits per heavy atom. The lowest BCUT2D eigenvalue weighted by Crippen LogP contribution is -2.17. The minimum absolute atomic E-state index is 0.114. The number of carbonyl (C=O) groups excluding carboxylic acids is 1. The summed E-state index contributed by atoms with van der Waals surface area (Å²) >= 11 is 0. The molecule has 0 bridgehead atoms. The van der Waals surface area contributed by atoms with Crippen LogP contribution >= 0.6 is 0 Å². The van der Waals surface area contributed by atoms with E-state index in [4.69, 9.17) is 0 Å². The number of Topliss-reactive ketones (excluding diaryl/α,β-unsaturated/α-hetero) is 1. The molecule has 0 unspecified atom stereocenters. The number of nitrogens with one attached hydrogen (secondary N) is 1. The Morgan fingerprint density at radius 3 is 2.33 bits per heavy atom. The molecule has 33 heavy (non-hydrogen) atoms. The van der Waals surface area contributed by atoms with E-state index in [9.17, 15) is 31.1 Å². The van der Waals surface area contributed by atoms with Crippen LogP contribution < -0.4 is 0 Å². The first-order chi connectivity index (χ1) is 15.5. The van der Waals surface area contributed by atoms with E-state index in [1.165, 1.54) is 12.1 Å². The molecule has 0 aliphatic carbocycles. The Morgan fingerprint density at radius 2 is 1.67 bits per heavy atom. The third-order valence-corrected chi connectivity index (χ3v) is 5.27. The van der Waals surface area contributed by atoms with Gasteiger partial charge in [0.2, 0.25) is 0 Å². The summed E-state index contributed by atoms with van der Waals surface area (Å²) in [6.07, 6.45) is -7.08. The van der Waals surface area contributed by atoms with Crippen molar-refractivity contribution >= 4 is 16.7 Å². The lowest BCUT2D eigenvalue weighted by atomic mass is 9.86. The van der Waals surface area contributed by atoms with Crippen LogP contribution in [-0.2, 0) is 12.4 Å². The van der Waals surface area contributed by atoms with Gasteiger partial charge in [0.15, 0.2) is 5.78 Å². The molecule has 0 radical (unpaired) electrons. The molecule has 2 aromatic heterocycles. The Kier molecular flexibility index (Phi) is 5.69. The molecule has 2 aromatic carbocycles. The molecule has 1 N–H and O–H groups in total. The summed E-state index contributed by atoms with van der Waals surface area (Å²) in [7, 11) is 0. The third-order valence-electron chi connectivity index (χ3n) is 5.27. The van der Waals surface area contributed by atoms with Crippen molar-refractivity contribution in [3.05, 3.63) is 94.9 Å². The molecule has 0 aliphatic heterocycles. The number of hydrogen-bond acceptors (Lipinski definition) is 3. The summed E-state index contributed by atoms with van der Waals surface area (Å²) in [5.74, 6) is -1.70. The van der Waals surface area contributed by atoms with Crippen molar-refractivity contribution in [3.8, 4) is 0 Å². The van der Waals surface area contributed by atoms with Gasteiger partial charge >= 0.3 is 12.4 Å². The first-order valence-electron chi connectivity index (χ1n) is 9.69. The minimum atomic E-state index is -4.76. The fourth-order valence-electron chi connectivity index (χ4n) is 3.63. The molecule has 2 heterocycles. The van der Waals surface area contributed by atoms with Gasteiger partial charge in [0.25, 0.3) is 0 Å². The fourth-order valence-corrected chi connectivity index (χ4v) is 3.63. The van der Waals surface area contributed by atoms with Crippen molar-refractivity contribution in [1.82, 2.24) is 15.2 Å². The molecular formula is C23H15F6N3O. The smallest absolute Gasteiger partial charge is 0.294 e. The van der Waals surface area contributed by atoms with Crippen LogP contribution in [0.15, 0.2) is 67.0 Å². The van der Waals surface area contributed by atoms with Gasteiger partial charge in [0, 0.05) is 29.5 Å². The van der Waals surface area contributed by atoms with Crippen LogP contribution in [0, 0.1) is 0 Å². The zero-order valence-electron chi connectivity index (χ0n) is 16.7. The van der Waals surface area contributed by atoms with Crippen molar-refractivity contribution in [3.63, 3.8) is 0 Å². The predicted octanol–water partition coefficient (Wildman–Crippen LogP) is 6.40. The highest BCUT2D eigenvalue weighted by atomic mass is 19.4. The maximum absolute atomic E-state index is 13.7. The number of fused-ring (bicyclic) bond motifs is 1. The second-order valence-corrected chi connectivity index (χ2v) is 7.41. The Balaban J connectivity index is 1.77. The molecule has 1 atom stereocenters. The van der Waals surface area contributed by atoms with Crippen LogP contribution in [0.2, 0.25) is 0 Å². The normalized spacial score (nSPS) is 13.3. The number of aromatic amines is 1. The number of pyridine rings is 1. The number of rotatable bonds is 5. The third kappa shape index (κ3) is 4.74. The number of carbonyl (C=O) groups is 1. The van der Waals surface area contributed by atoms with E-state index < -0.39 is 47.3 Å². The van der Waals surface area contributed by atoms with Crippen LogP contribution in [0.5, 0.6) is 0 Å². The molecule has 0 saturated heterocycles. The molecule has 10 heteroatoms. The van der Waals surface area contributed by atoms with Crippen LogP contribution in [0.1, 0.15) is 45.1 Å². The second-order valence-electron chi connectivity index (χ2n) is 7.41. The Hall–Kier alpha value is -3.69. The minimum Gasteiger partial charge on any atom is -0.294 e. The van der Waals surface area contributed by atoms with Crippen LogP contribution in [-0.4, -0.2) is 21.0 Å². The maximum Gasteiger partial charge on any atom is 0.418 e. The second kappa shape index (κ2) is 8.34. The summed E-state index contributed by atoms with van der Waals surface area (Å²) in [6, 6.07) is 10.3. The highest BCUT2D eigenvalue weighted by molar-refractivity contribution is 5.99. The zero-order chi connectivity index (χ0) is 23.8.